The highest BCUT2D eigenvalue weighted by Gasteiger charge is 2.43. The smallest absolute Gasteiger partial charge is 0.309 e. The molecule has 7 rings (SSSR count). The maximum atomic E-state index is 12.3. The molecule has 0 aromatic heterocycles. The summed E-state index contributed by atoms with van der Waals surface area (Å²) in [6, 6.07) is 25.5. The van der Waals surface area contributed by atoms with Crippen LogP contribution in [0.5, 0.6) is 0 Å². The zero-order chi connectivity index (χ0) is 23.4. The van der Waals surface area contributed by atoms with Gasteiger partial charge in [0.25, 0.3) is 0 Å². The van der Waals surface area contributed by atoms with Gasteiger partial charge >= 0.3 is 11.9 Å². The summed E-state index contributed by atoms with van der Waals surface area (Å²) in [5, 5.41) is 2.40. The van der Waals surface area contributed by atoms with Gasteiger partial charge in [0.05, 0.1) is 27.1 Å². The maximum absolute atomic E-state index is 12.3. The van der Waals surface area contributed by atoms with Crippen LogP contribution in [0.3, 0.4) is 0 Å². The Balaban J connectivity index is 1.65. The van der Waals surface area contributed by atoms with Crippen LogP contribution >= 0.6 is 0 Å². The maximum Gasteiger partial charge on any atom is 0.309 e. The molecule has 2 atom stereocenters. The quantitative estimate of drug-likeness (QED) is 0.345. The molecule has 0 heterocycles. The van der Waals surface area contributed by atoms with E-state index >= 15 is 0 Å². The predicted octanol–water partition coefficient (Wildman–Crippen LogP) is 5.26. The molecule has 2 bridgehead atoms. The van der Waals surface area contributed by atoms with Crippen LogP contribution in [-0.2, 0) is 31.9 Å². The van der Waals surface area contributed by atoms with Crippen LogP contribution in [0.25, 0.3) is 10.8 Å². The first-order chi connectivity index (χ1) is 16.6. The third-order valence-corrected chi connectivity index (χ3v) is 7.36. The van der Waals surface area contributed by atoms with E-state index in [1.54, 1.807) is 0 Å². The van der Waals surface area contributed by atoms with E-state index in [1.165, 1.54) is 58.4 Å². The number of methoxy groups -OCH3 is 2. The molecular weight excluding hydrogens is 424 g/mol. The SMILES string of the molecule is COC(=O)Cc1cccc2c1C1c3cc4ccccc4cc3C2c2c(CC(=O)OC)cccc21. The van der Waals surface area contributed by atoms with Gasteiger partial charge in [-0.05, 0) is 67.4 Å². The number of benzene rings is 4. The van der Waals surface area contributed by atoms with Crippen molar-refractivity contribution in [2.75, 3.05) is 14.2 Å². The molecule has 0 spiro atoms. The molecule has 4 aromatic rings. The molecule has 0 N–H and O–H groups in total. The van der Waals surface area contributed by atoms with Gasteiger partial charge in [0.15, 0.2) is 0 Å². The first kappa shape index (κ1) is 20.7. The van der Waals surface area contributed by atoms with Crippen LogP contribution in [0.2, 0.25) is 0 Å². The summed E-state index contributed by atoms with van der Waals surface area (Å²) in [5.74, 6) is -0.498. The Morgan fingerprint density at radius 2 is 1.06 bits per heavy atom. The van der Waals surface area contributed by atoms with Crippen molar-refractivity contribution in [2.24, 2.45) is 0 Å². The average Bonchev–Trinajstić information content (AvgIpc) is 2.87. The highest BCUT2D eigenvalue weighted by Crippen LogP contribution is 2.58. The average molecular weight is 449 g/mol. The Labute approximate surface area is 198 Å². The van der Waals surface area contributed by atoms with Gasteiger partial charge in [-0.25, -0.2) is 0 Å². The minimum atomic E-state index is -0.242. The van der Waals surface area contributed by atoms with Gasteiger partial charge in [0.1, 0.15) is 0 Å². The first-order valence-electron chi connectivity index (χ1n) is 11.5. The van der Waals surface area contributed by atoms with Gasteiger partial charge in [-0.2, -0.15) is 0 Å². The van der Waals surface area contributed by atoms with Crippen molar-refractivity contribution in [2.45, 2.75) is 24.7 Å². The Morgan fingerprint density at radius 1 is 0.618 bits per heavy atom. The van der Waals surface area contributed by atoms with Gasteiger partial charge in [-0.3, -0.25) is 9.59 Å². The van der Waals surface area contributed by atoms with Crippen LogP contribution in [0.4, 0.5) is 0 Å². The molecule has 3 aliphatic rings. The van der Waals surface area contributed by atoms with Gasteiger partial charge in [-0.1, -0.05) is 60.7 Å². The second-order valence-corrected chi connectivity index (χ2v) is 9.04. The molecule has 168 valence electrons. The van der Waals surface area contributed by atoms with E-state index in [0.717, 1.165) is 11.1 Å². The van der Waals surface area contributed by atoms with Crippen LogP contribution in [-0.4, -0.2) is 26.2 Å². The van der Waals surface area contributed by atoms with Gasteiger partial charge < -0.3 is 9.47 Å². The van der Waals surface area contributed by atoms with Crippen LogP contribution < -0.4 is 0 Å². The number of carbonyl (C=O) groups is 2. The van der Waals surface area contributed by atoms with E-state index in [-0.39, 0.29) is 36.6 Å². The normalized spacial score (nSPS) is 17.0. The molecule has 2 unspecified atom stereocenters. The third kappa shape index (κ3) is 2.98. The van der Waals surface area contributed by atoms with Crippen molar-refractivity contribution in [1.82, 2.24) is 0 Å². The van der Waals surface area contributed by atoms with E-state index < -0.39 is 0 Å². The monoisotopic (exact) mass is 448 g/mol. The summed E-state index contributed by atoms with van der Waals surface area (Å²) in [4.78, 5) is 24.5. The minimum absolute atomic E-state index is 0.00643. The number of hydrogen-bond acceptors (Lipinski definition) is 4. The lowest BCUT2D eigenvalue weighted by Gasteiger charge is -2.44. The van der Waals surface area contributed by atoms with Gasteiger partial charge in [0.2, 0.25) is 0 Å². The molecule has 3 aliphatic carbocycles. The van der Waals surface area contributed by atoms with E-state index in [2.05, 4.69) is 48.5 Å². The number of hydrogen-bond donors (Lipinski definition) is 0. The Morgan fingerprint density at radius 3 is 1.47 bits per heavy atom. The van der Waals surface area contributed by atoms with Crippen LogP contribution in [0.15, 0.2) is 72.8 Å². The zero-order valence-electron chi connectivity index (χ0n) is 19.1. The van der Waals surface area contributed by atoms with Gasteiger partial charge in [-0.15, -0.1) is 0 Å². The predicted molar refractivity (Wildman–Crippen MR) is 130 cm³/mol. The summed E-state index contributed by atoms with van der Waals surface area (Å²) in [6.45, 7) is 0. The molecule has 0 saturated carbocycles. The lowest BCUT2D eigenvalue weighted by atomic mass is 9.59. The van der Waals surface area contributed by atoms with E-state index in [0.29, 0.717) is 0 Å². The summed E-state index contributed by atoms with van der Waals surface area (Å²) in [5.41, 5.74) is 9.36. The molecule has 34 heavy (non-hydrogen) atoms. The van der Waals surface area contributed by atoms with E-state index in [9.17, 15) is 9.59 Å². The molecule has 4 aromatic carbocycles. The number of carbonyl (C=O) groups excluding carboxylic acids is 2. The first-order valence-corrected chi connectivity index (χ1v) is 11.5. The van der Waals surface area contributed by atoms with E-state index in [1.807, 2.05) is 24.3 Å². The molecule has 0 amide bonds. The lowest BCUT2D eigenvalue weighted by molar-refractivity contribution is -0.140. The summed E-state index contributed by atoms with van der Waals surface area (Å²) in [7, 11) is 2.86. The van der Waals surface area contributed by atoms with Crippen molar-refractivity contribution < 1.29 is 19.1 Å². The molecule has 0 saturated heterocycles. The highest BCUT2D eigenvalue weighted by atomic mass is 16.5. The Kier molecular flexibility index (Phi) is 4.77. The molecule has 4 heteroatoms. The number of rotatable bonds is 4. The standard InChI is InChI=1S/C30H24O4/c1-33-25(31)15-19-9-5-11-21-27(19)29-22-12-6-10-20(16-26(32)34-2)28(22)30(21)24-14-18-8-4-3-7-17(18)13-23(24)29/h3-14,29-30H,15-16H2,1-2H3. The minimum Gasteiger partial charge on any atom is -0.469 e. The van der Waals surface area contributed by atoms with E-state index in [4.69, 9.17) is 9.47 Å². The van der Waals surface area contributed by atoms with Crippen molar-refractivity contribution in [3.05, 3.63) is 117 Å². The fourth-order valence-corrected chi connectivity index (χ4v) is 5.97. The molecule has 0 radical (unpaired) electrons. The summed E-state index contributed by atoms with van der Waals surface area (Å²) < 4.78 is 10.0. The zero-order valence-corrected chi connectivity index (χ0v) is 19.1. The Hall–Kier alpha value is -3.92. The van der Waals surface area contributed by atoms with Crippen molar-refractivity contribution in [3.8, 4) is 0 Å². The van der Waals surface area contributed by atoms with Crippen LogP contribution in [0, 0.1) is 0 Å². The highest BCUT2D eigenvalue weighted by molar-refractivity contribution is 5.88. The third-order valence-electron chi connectivity index (χ3n) is 7.36. The second kappa shape index (κ2) is 7.84. The van der Waals surface area contributed by atoms with Crippen molar-refractivity contribution in [3.63, 3.8) is 0 Å². The molecular formula is C30H24O4. The topological polar surface area (TPSA) is 52.6 Å². The van der Waals surface area contributed by atoms with Crippen molar-refractivity contribution >= 4 is 22.7 Å². The van der Waals surface area contributed by atoms with Gasteiger partial charge in [0, 0.05) is 11.8 Å². The van der Waals surface area contributed by atoms with Crippen LogP contribution in [0.1, 0.15) is 56.3 Å². The summed E-state index contributed by atoms with van der Waals surface area (Å²) >= 11 is 0. The largest absolute Gasteiger partial charge is 0.469 e. The molecule has 0 aliphatic heterocycles. The fourth-order valence-electron chi connectivity index (χ4n) is 5.97. The lowest BCUT2D eigenvalue weighted by Crippen LogP contribution is -2.30. The van der Waals surface area contributed by atoms with Crippen molar-refractivity contribution in [1.29, 1.82) is 0 Å². The second-order valence-electron chi connectivity index (χ2n) is 9.04. The summed E-state index contributed by atoms with van der Waals surface area (Å²) in [6.07, 6.45) is 0.478. The molecule has 4 nitrogen and oxygen atoms in total. The number of fused-ring (bicyclic) bond motifs is 1. The fraction of sp³-hybridized carbons (Fsp3) is 0.200. The molecule has 0 fully saturated rings. The number of esters is 2. The Bertz CT molecular complexity index is 1370. The number of ether oxygens (including phenoxy) is 2.